The first kappa shape index (κ1) is 22.8. The molecule has 3 heteroatoms. The highest BCUT2D eigenvalue weighted by atomic mass is 16.3. The van der Waals surface area contributed by atoms with Gasteiger partial charge in [-0.05, 0) is 78.6 Å². The molecule has 0 radical (unpaired) electrons. The SMILES string of the molecule is C=C1CC/C(=C\c2coc3c(C)cc(C)cc3c2=O)C(=O)C1c1ccc(Cc2ccccc2)cc1. The van der Waals surface area contributed by atoms with Crippen LogP contribution in [0.5, 0.6) is 0 Å². The Balaban J connectivity index is 1.44. The highest BCUT2D eigenvalue weighted by Gasteiger charge is 2.31. The predicted octanol–water partition coefficient (Wildman–Crippen LogP) is 7.09. The number of hydrogen-bond donors (Lipinski definition) is 0. The number of fused-ring (bicyclic) bond motifs is 1. The summed E-state index contributed by atoms with van der Waals surface area (Å²) in [5, 5.41) is 0.551. The largest absolute Gasteiger partial charge is 0.463 e. The molecule has 1 saturated carbocycles. The number of rotatable bonds is 4. The Morgan fingerprint density at radius 2 is 1.66 bits per heavy atom. The highest BCUT2D eigenvalue weighted by molar-refractivity contribution is 6.06. The number of carbonyl (C=O) groups excluding carboxylic acids is 1. The van der Waals surface area contributed by atoms with Crippen LogP contribution in [0.2, 0.25) is 0 Å². The van der Waals surface area contributed by atoms with Crippen LogP contribution in [0.3, 0.4) is 0 Å². The van der Waals surface area contributed by atoms with Gasteiger partial charge in [0.1, 0.15) is 11.8 Å². The standard InChI is InChI=1S/C32H28O3/c1-20-15-22(3)32-28(16-20)30(33)27(19-35-32)18-26-12-9-21(2)29(31(26)34)25-13-10-24(11-14-25)17-23-7-5-4-6-8-23/h4-8,10-11,13-16,18-19,29H,2,9,12,17H2,1,3H3/b26-18+. The Morgan fingerprint density at radius 1 is 0.943 bits per heavy atom. The van der Waals surface area contributed by atoms with E-state index in [4.69, 9.17) is 4.42 Å². The van der Waals surface area contributed by atoms with E-state index in [1.165, 1.54) is 17.4 Å². The van der Waals surface area contributed by atoms with Gasteiger partial charge >= 0.3 is 0 Å². The van der Waals surface area contributed by atoms with Gasteiger partial charge in [-0.2, -0.15) is 0 Å². The molecule has 1 aliphatic carbocycles. The molecule has 1 fully saturated rings. The lowest BCUT2D eigenvalue weighted by Gasteiger charge is -2.26. The van der Waals surface area contributed by atoms with Gasteiger partial charge in [0.2, 0.25) is 0 Å². The van der Waals surface area contributed by atoms with E-state index < -0.39 is 5.92 Å². The van der Waals surface area contributed by atoms with Crippen LogP contribution in [0.15, 0.2) is 99.9 Å². The molecule has 0 amide bonds. The lowest BCUT2D eigenvalue weighted by Crippen LogP contribution is -2.22. The van der Waals surface area contributed by atoms with Gasteiger partial charge < -0.3 is 4.42 Å². The van der Waals surface area contributed by atoms with Crippen molar-refractivity contribution in [3.8, 4) is 0 Å². The fourth-order valence-electron chi connectivity index (χ4n) is 5.02. The quantitative estimate of drug-likeness (QED) is 0.241. The second-order valence-electron chi connectivity index (χ2n) is 9.51. The number of ketones is 1. The normalized spacial score (nSPS) is 17.3. The maximum atomic E-state index is 13.5. The molecule has 174 valence electrons. The first-order valence-electron chi connectivity index (χ1n) is 12.0. The van der Waals surface area contributed by atoms with Crippen LogP contribution < -0.4 is 5.43 Å². The molecule has 1 unspecified atom stereocenters. The molecule has 1 atom stereocenters. The highest BCUT2D eigenvalue weighted by Crippen LogP contribution is 2.37. The van der Waals surface area contributed by atoms with Gasteiger partial charge in [-0.15, -0.1) is 0 Å². The van der Waals surface area contributed by atoms with E-state index in [0.717, 1.165) is 28.7 Å². The number of hydrogen-bond acceptors (Lipinski definition) is 3. The lowest BCUT2D eigenvalue weighted by atomic mass is 9.76. The zero-order valence-corrected chi connectivity index (χ0v) is 20.1. The molecule has 1 aromatic heterocycles. The Morgan fingerprint density at radius 3 is 2.40 bits per heavy atom. The molecule has 0 aliphatic heterocycles. The van der Waals surface area contributed by atoms with Crippen LogP contribution >= 0.6 is 0 Å². The van der Waals surface area contributed by atoms with Crippen molar-refractivity contribution in [1.82, 2.24) is 0 Å². The van der Waals surface area contributed by atoms with Crippen molar-refractivity contribution < 1.29 is 9.21 Å². The van der Waals surface area contributed by atoms with Crippen molar-refractivity contribution >= 4 is 22.8 Å². The molecule has 3 aromatic carbocycles. The van der Waals surface area contributed by atoms with Crippen molar-refractivity contribution in [2.24, 2.45) is 0 Å². The molecule has 5 rings (SSSR count). The van der Waals surface area contributed by atoms with Gasteiger partial charge in [-0.1, -0.05) is 72.8 Å². The summed E-state index contributed by atoms with van der Waals surface area (Å²) in [6.45, 7) is 8.10. The molecule has 0 N–H and O–H groups in total. The van der Waals surface area contributed by atoms with Gasteiger partial charge in [-0.3, -0.25) is 9.59 Å². The molecule has 35 heavy (non-hydrogen) atoms. The van der Waals surface area contributed by atoms with E-state index in [9.17, 15) is 9.59 Å². The molecule has 0 bridgehead atoms. The number of Topliss-reactive ketones (excluding diaryl/α,β-unsaturated/α-hetero) is 1. The van der Waals surface area contributed by atoms with Crippen molar-refractivity contribution in [3.05, 3.63) is 134 Å². The van der Waals surface area contributed by atoms with Crippen LogP contribution in [0, 0.1) is 13.8 Å². The fourth-order valence-corrected chi connectivity index (χ4v) is 5.02. The number of allylic oxidation sites excluding steroid dienone is 2. The third-order valence-electron chi connectivity index (χ3n) is 6.83. The van der Waals surface area contributed by atoms with Crippen LogP contribution in [0.4, 0.5) is 0 Å². The third kappa shape index (κ3) is 4.54. The van der Waals surface area contributed by atoms with E-state index in [1.807, 2.05) is 56.3 Å². The second-order valence-corrected chi connectivity index (χ2v) is 9.51. The zero-order chi connectivity index (χ0) is 24.5. The van der Waals surface area contributed by atoms with Crippen LogP contribution in [0.25, 0.3) is 17.0 Å². The fraction of sp³-hybridized carbons (Fsp3) is 0.188. The van der Waals surface area contributed by atoms with Crippen molar-refractivity contribution in [1.29, 1.82) is 0 Å². The first-order valence-corrected chi connectivity index (χ1v) is 12.0. The number of aryl methyl sites for hydroxylation is 2. The number of carbonyl (C=O) groups is 1. The van der Waals surface area contributed by atoms with E-state index in [-0.39, 0.29) is 11.2 Å². The van der Waals surface area contributed by atoms with Gasteiger partial charge in [0.15, 0.2) is 11.2 Å². The second kappa shape index (κ2) is 9.34. The minimum absolute atomic E-state index is 0.0111. The Kier molecular flexibility index (Phi) is 6.08. The first-order chi connectivity index (χ1) is 16.9. The summed E-state index contributed by atoms with van der Waals surface area (Å²) in [5.41, 5.74) is 7.79. The van der Waals surface area contributed by atoms with E-state index in [0.29, 0.717) is 34.9 Å². The average molecular weight is 461 g/mol. The summed E-state index contributed by atoms with van der Waals surface area (Å²) >= 11 is 0. The van der Waals surface area contributed by atoms with Crippen molar-refractivity contribution in [2.45, 2.75) is 39.0 Å². The molecule has 1 heterocycles. The molecule has 4 aromatic rings. The summed E-state index contributed by atoms with van der Waals surface area (Å²) in [4.78, 5) is 26.7. The summed E-state index contributed by atoms with van der Waals surface area (Å²) in [6, 6.07) is 22.4. The molecule has 0 saturated heterocycles. The average Bonchev–Trinajstić information content (AvgIpc) is 2.84. The molecule has 0 spiro atoms. The third-order valence-corrected chi connectivity index (χ3v) is 6.83. The monoisotopic (exact) mass is 460 g/mol. The Labute approximate surface area is 205 Å². The van der Waals surface area contributed by atoms with Crippen LogP contribution in [0.1, 0.15) is 52.1 Å². The predicted molar refractivity (Wildman–Crippen MR) is 142 cm³/mol. The lowest BCUT2D eigenvalue weighted by molar-refractivity contribution is -0.116. The van der Waals surface area contributed by atoms with Crippen molar-refractivity contribution in [2.75, 3.05) is 0 Å². The van der Waals surface area contributed by atoms with Gasteiger partial charge in [0.05, 0.1) is 16.9 Å². The molecule has 3 nitrogen and oxygen atoms in total. The maximum Gasteiger partial charge on any atom is 0.199 e. The summed E-state index contributed by atoms with van der Waals surface area (Å²) in [5.74, 6) is -0.380. The van der Waals surface area contributed by atoms with E-state index >= 15 is 0 Å². The van der Waals surface area contributed by atoms with Crippen molar-refractivity contribution in [3.63, 3.8) is 0 Å². The molecular formula is C32H28O3. The van der Waals surface area contributed by atoms with Crippen LogP contribution in [-0.2, 0) is 11.2 Å². The van der Waals surface area contributed by atoms with Gasteiger partial charge in [0, 0.05) is 0 Å². The topological polar surface area (TPSA) is 47.3 Å². The minimum atomic E-state index is -0.391. The minimum Gasteiger partial charge on any atom is -0.463 e. The summed E-state index contributed by atoms with van der Waals surface area (Å²) in [7, 11) is 0. The Bertz CT molecular complexity index is 1520. The summed E-state index contributed by atoms with van der Waals surface area (Å²) < 4.78 is 5.81. The van der Waals surface area contributed by atoms with E-state index in [2.05, 4.69) is 30.8 Å². The Hall–Kier alpha value is -3.98. The van der Waals surface area contributed by atoms with Crippen LogP contribution in [-0.4, -0.2) is 5.78 Å². The van der Waals surface area contributed by atoms with Gasteiger partial charge in [0.25, 0.3) is 0 Å². The number of benzene rings is 3. The molecule has 1 aliphatic rings. The smallest absolute Gasteiger partial charge is 0.199 e. The van der Waals surface area contributed by atoms with Gasteiger partial charge in [-0.25, -0.2) is 0 Å². The van der Waals surface area contributed by atoms with E-state index in [1.54, 1.807) is 6.08 Å². The zero-order valence-electron chi connectivity index (χ0n) is 20.1. The maximum absolute atomic E-state index is 13.5. The summed E-state index contributed by atoms with van der Waals surface area (Å²) in [6.07, 6.45) is 5.33. The molecular weight excluding hydrogens is 432 g/mol.